The number of hydrogen-bond donors (Lipinski definition) is 1. The molecule has 6 nitrogen and oxygen atoms in total. The third kappa shape index (κ3) is 3.26. The Bertz CT molecular complexity index is 930. The van der Waals surface area contributed by atoms with Crippen LogP contribution >= 0.6 is 11.6 Å². The molecule has 2 aromatic heterocycles. The second-order valence-corrected chi connectivity index (χ2v) is 7.19. The van der Waals surface area contributed by atoms with E-state index in [0.29, 0.717) is 18.9 Å². The Morgan fingerprint density at radius 2 is 2.00 bits per heavy atom. The molecule has 0 bridgehead atoms. The van der Waals surface area contributed by atoms with Gasteiger partial charge in [0.2, 0.25) is 0 Å². The summed E-state index contributed by atoms with van der Waals surface area (Å²) in [5.74, 6) is 0.972. The lowest BCUT2D eigenvalue weighted by molar-refractivity contribution is 0.0979. The number of hydrogen-bond acceptors (Lipinski definition) is 3. The molecular formula is C18H21ClN4O2. The van der Waals surface area contributed by atoms with E-state index in [9.17, 15) is 9.90 Å². The Kier molecular flexibility index (Phi) is 4.56. The monoisotopic (exact) mass is 360 g/mol. The number of fused-ring (bicyclic) bond motifs is 3. The minimum atomic E-state index is -0.934. The Balaban J connectivity index is 2.08. The van der Waals surface area contributed by atoms with Gasteiger partial charge in [-0.1, -0.05) is 18.2 Å². The number of pyridine rings is 1. The van der Waals surface area contributed by atoms with Crippen molar-refractivity contribution in [2.45, 2.75) is 38.7 Å². The molecule has 0 saturated carbocycles. The van der Waals surface area contributed by atoms with Gasteiger partial charge in [0.25, 0.3) is 0 Å². The molecule has 0 fully saturated rings. The maximum absolute atomic E-state index is 11.6. The average Bonchev–Trinajstić information content (AvgIpc) is 2.92. The van der Waals surface area contributed by atoms with Crippen molar-refractivity contribution in [3.05, 3.63) is 36.3 Å². The van der Waals surface area contributed by atoms with E-state index >= 15 is 0 Å². The topological polar surface area (TPSA) is 71.2 Å². The first kappa shape index (κ1) is 17.5. The number of benzene rings is 1. The summed E-state index contributed by atoms with van der Waals surface area (Å²) in [6.07, 6.45) is 0.805. The van der Waals surface area contributed by atoms with Crippen LogP contribution in [0.1, 0.15) is 26.6 Å². The van der Waals surface area contributed by atoms with Crippen LogP contribution < -0.4 is 0 Å². The van der Waals surface area contributed by atoms with Gasteiger partial charge in [-0.2, -0.15) is 0 Å². The zero-order valence-corrected chi connectivity index (χ0v) is 15.3. The molecule has 0 aliphatic heterocycles. The zero-order chi connectivity index (χ0) is 18.2. The molecule has 0 aliphatic rings. The quantitative estimate of drug-likeness (QED) is 0.711. The molecule has 1 N–H and O–H groups in total. The Labute approximate surface area is 151 Å². The number of imidazole rings is 1. The van der Waals surface area contributed by atoms with E-state index in [4.69, 9.17) is 11.6 Å². The van der Waals surface area contributed by atoms with Crippen molar-refractivity contribution in [3.63, 3.8) is 0 Å². The normalized spacial score (nSPS) is 12.0. The molecule has 0 atom stereocenters. The van der Waals surface area contributed by atoms with Crippen LogP contribution in [0.25, 0.3) is 21.9 Å². The summed E-state index contributed by atoms with van der Waals surface area (Å²) in [6, 6.07) is 7.85. The standard InChI is InChI=1S/C18H21ClN4O2/c1-18(2,3)23(17(24)25)9-8-22-15(10-19)21-14-11-20-13-7-5-4-6-12(13)16(14)22/h4-7,11H,8-10H2,1-3H3,(H,24,25). The van der Waals surface area contributed by atoms with Crippen LogP contribution in [0.5, 0.6) is 0 Å². The van der Waals surface area contributed by atoms with E-state index in [0.717, 1.165) is 21.9 Å². The lowest BCUT2D eigenvalue weighted by Gasteiger charge is -2.33. The van der Waals surface area contributed by atoms with Crippen molar-refractivity contribution in [1.82, 2.24) is 19.4 Å². The van der Waals surface area contributed by atoms with Crippen molar-refractivity contribution >= 4 is 39.6 Å². The number of alkyl halides is 1. The molecule has 25 heavy (non-hydrogen) atoms. The van der Waals surface area contributed by atoms with Crippen molar-refractivity contribution in [2.75, 3.05) is 6.54 Å². The Morgan fingerprint density at radius 3 is 2.64 bits per heavy atom. The molecule has 0 aliphatic carbocycles. The van der Waals surface area contributed by atoms with Crippen molar-refractivity contribution in [2.24, 2.45) is 0 Å². The molecule has 1 amide bonds. The minimum absolute atomic E-state index is 0.256. The maximum Gasteiger partial charge on any atom is 0.407 e. The number of amides is 1. The highest BCUT2D eigenvalue weighted by atomic mass is 35.5. The highest BCUT2D eigenvalue weighted by molar-refractivity contribution is 6.17. The second kappa shape index (κ2) is 6.52. The summed E-state index contributed by atoms with van der Waals surface area (Å²) < 4.78 is 2.01. The van der Waals surface area contributed by atoms with Crippen LogP contribution in [0.2, 0.25) is 0 Å². The maximum atomic E-state index is 11.6. The van der Waals surface area contributed by atoms with Crippen LogP contribution in [-0.4, -0.2) is 42.7 Å². The fraction of sp³-hybridized carbons (Fsp3) is 0.389. The van der Waals surface area contributed by atoms with E-state index in [1.165, 1.54) is 4.90 Å². The molecule has 1 aromatic carbocycles. The first-order valence-corrected chi connectivity index (χ1v) is 8.65. The van der Waals surface area contributed by atoms with Gasteiger partial charge in [0.15, 0.2) is 0 Å². The van der Waals surface area contributed by atoms with Crippen LogP contribution in [0.3, 0.4) is 0 Å². The zero-order valence-electron chi connectivity index (χ0n) is 14.5. The van der Waals surface area contributed by atoms with Gasteiger partial charge in [-0.25, -0.2) is 9.78 Å². The number of para-hydroxylation sites is 1. The number of halogens is 1. The van der Waals surface area contributed by atoms with Crippen LogP contribution in [0, 0.1) is 0 Å². The predicted molar refractivity (Wildman–Crippen MR) is 99.1 cm³/mol. The number of rotatable bonds is 4. The SMILES string of the molecule is CC(C)(C)N(CCn1c(CCl)nc2cnc3ccccc3c21)C(=O)O. The smallest absolute Gasteiger partial charge is 0.407 e. The molecule has 0 spiro atoms. The highest BCUT2D eigenvalue weighted by Gasteiger charge is 2.26. The molecular weight excluding hydrogens is 340 g/mol. The number of carboxylic acid groups (broad SMARTS) is 1. The Hall–Kier alpha value is -2.34. The molecule has 0 saturated heterocycles. The number of aromatic nitrogens is 3. The first-order valence-electron chi connectivity index (χ1n) is 8.12. The van der Waals surface area contributed by atoms with Gasteiger partial charge in [0, 0.05) is 24.0 Å². The van der Waals surface area contributed by atoms with Crippen molar-refractivity contribution < 1.29 is 9.90 Å². The number of carbonyl (C=O) groups is 1. The van der Waals surface area contributed by atoms with Gasteiger partial charge in [0.1, 0.15) is 11.3 Å². The summed E-state index contributed by atoms with van der Waals surface area (Å²) in [5.41, 5.74) is 2.11. The van der Waals surface area contributed by atoms with E-state index in [-0.39, 0.29) is 5.88 Å². The van der Waals surface area contributed by atoms with E-state index in [1.54, 1.807) is 6.20 Å². The van der Waals surface area contributed by atoms with E-state index < -0.39 is 11.6 Å². The van der Waals surface area contributed by atoms with Gasteiger partial charge in [-0.15, -0.1) is 11.6 Å². The summed E-state index contributed by atoms with van der Waals surface area (Å²) in [6.45, 7) is 6.49. The summed E-state index contributed by atoms with van der Waals surface area (Å²) in [7, 11) is 0. The molecule has 3 rings (SSSR count). The average molecular weight is 361 g/mol. The van der Waals surface area contributed by atoms with Crippen LogP contribution in [0.15, 0.2) is 30.5 Å². The van der Waals surface area contributed by atoms with E-state index in [1.807, 2.05) is 49.6 Å². The van der Waals surface area contributed by atoms with Crippen LogP contribution in [-0.2, 0) is 12.4 Å². The van der Waals surface area contributed by atoms with E-state index in [2.05, 4.69) is 9.97 Å². The summed E-state index contributed by atoms with van der Waals surface area (Å²) in [4.78, 5) is 22.0. The largest absolute Gasteiger partial charge is 0.465 e. The molecule has 0 radical (unpaired) electrons. The second-order valence-electron chi connectivity index (χ2n) is 6.93. The van der Waals surface area contributed by atoms with Crippen molar-refractivity contribution in [1.29, 1.82) is 0 Å². The van der Waals surface area contributed by atoms with Gasteiger partial charge in [-0.3, -0.25) is 4.98 Å². The van der Waals surface area contributed by atoms with Gasteiger partial charge >= 0.3 is 6.09 Å². The van der Waals surface area contributed by atoms with Gasteiger partial charge in [0.05, 0.1) is 23.1 Å². The summed E-state index contributed by atoms with van der Waals surface area (Å²) in [5, 5.41) is 10.5. The third-order valence-corrected chi connectivity index (χ3v) is 4.51. The third-order valence-electron chi connectivity index (χ3n) is 4.27. The lowest BCUT2D eigenvalue weighted by atomic mass is 10.1. The molecule has 0 unspecified atom stereocenters. The molecule has 2 heterocycles. The molecule has 7 heteroatoms. The molecule has 3 aromatic rings. The Morgan fingerprint density at radius 1 is 1.28 bits per heavy atom. The summed E-state index contributed by atoms with van der Waals surface area (Å²) >= 11 is 6.09. The number of nitrogens with zero attached hydrogens (tertiary/aromatic N) is 4. The fourth-order valence-corrected chi connectivity index (χ4v) is 3.28. The predicted octanol–water partition coefficient (Wildman–Crippen LogP) is 4.10. The molecule has 132 valence electrons. The lowest BCUT2D eigenvalue weighted by Crippen LogP contribution is -2.46. The van der Waals surface area contributed by atoms with Crippen LogP contribution in [0.4, 0.5) is 4.79 Å². The fourth-order valence-electron chi connectivity index (χ4n) is 3.07. The van der Waals surface area contributed by atoms with Crippen molar-refractivity contribution in [3.8, 4) is 0 Å². The first-order chi connectivity index (χ1) is 11.8. The van der Waals surface area contributed by atoms with Gasteiger partial charge < -0.3 is 14.6 Å². The minimum Gasteiger partial charge on any atom is -0.465 e. The highest BCUT2D eigenvalue weighted by Crippen LogP contribution is 2.26. The van der Waals surface area contributed by atoms with Gasteiger partial charge in [-0.05, 0) is 26.8 Å².